The molecule has 0 spiro atoms. The van der Waals surface area contributed by atoms with Crippen molar-refractivity contribution in [2.24, 2.45) is 0 Å². The maximum atomic E-state index is 12.2. The Morgan fingerprint density at radius 1 is 1.27 bits per heavy atom. The molecule has 0 aromatic carbocycles. The zero-order chi connectivity index (χ0) is 15.4. The zero-order valence-electron chi connectivity index (χ0n) is 12.0. The summed E-state index contributed by atoms with van der Waals surface area (Å²) in [7, 11) is 0. The summed E-state index contributed by atoms with van der Waals surface area (Å²) in [4.78, 5) is 31.0. The van der Waals surface area contributed by atoms with Gasteiger partial charge in [-0.05, 0) is 37.1 Å². The SMILES string of the molecule is O=C(N[C@@H]1CCCOC1)c1ccc(-c2ccncc2)[nH]c1=O. The van der Waals surface area contributed by atoms with Gasteiger partial charge in [0.1, 0.15) is 5.56 Å². The van der Waals surface area contributed by atoms with Crippen LogP contribution >= 0.6 is 0 Å². The first-order valence-corrected chi connectivity index (χ1v) is 7.26. The fourth-order valence-corrected chi connectivity index (χ4v) is 2.47. The number of ether oxygens (including phenoxy) is 1. The highest BCUT2D eigenvalue weighted by atomic mass is 16.5. The lowest BCUT2D eigenvalue weighted by Crippen LogP contribution is -2.42. The van der Waals surface area contributed by atoms with E-state index in [1.807, 2.05) is 0 Å². The summed E-state index contributed by atoms with van der Waals surface area (Å²) in [5, 5.41) is 2.84. The highest BCUT2D eigenvalue weighted by Crippen LogP contribution is 2.14. The Balaban J connectivity index is 1.77. The molecule has 114 valence electrons. The van der Waals surface area contributed by atoms with E-state index in [2.05, 4.69) is 15.3 Å². The number of hydrogen-bond donors (Lipinski definition) is 2. The first-order valence-electron chi connectivity index (χ1n) is 7.26. The van der Waals surface area contributed by atoms with Crippen LogP contribution in [-0.2, 0) is 4.74 Å². The van der Waals surface area contributed by atoms with Gasteiger partial charge in [-0.2, -0.15) is 0 Å². The Bertz CT molecular complexity index is 706. The van der Waals surface area contributed by atoms with Gasteiger partial charge in [0.2, 0.25) is 0 Å². The van der Waals surface area contributed by atoms with E-state index >= 15 is 0 Å². The Hall–Kier alpha value is -2.47. The maximum absolute atomic E-state index is 12.2. The van der Waals surface area contributed by atoms with Gasteiger partial charge in [-0.1, -0.05) is 0 Å². The summed E-state index contributed by atoms with van der Waals surface area (Å²) in [6, 6.07) is 6.84. The molecule has 0 unspecified atom stereocenters. The van der Waals surface area contributed by atoms with Crippen molar-refractivity contribution in [3.63, 3.8) is 0 Å². The summed E-state index contributed by atoms with van der Waals surface area (Å²) in [6.07, 6.45) is 5.09. The van der Waals surface area contributed by atoms with Crippen LogP contribution in [0.15, 0.2) is 41.5 Å². The van der Waals surface area contributed by atoms with E-state index in [0.717, 1.165) is 25.0 Å². The van der Waals surface area contributed by atoms with Gasteiger partial charge in [-0.25, -0.2) is 0 Å². The molecule has 2 N–H and O–H groups in total. The highest BCUT2D eigenvalue weighted by molar-refractivity contribution is 5.94. The molecule has 0 saturated carbocycles. The minimum atomic E-state index is -0.399. The van der Waals surface area contributed by atoms with Crippen LogP contribution in [0.1, 0.15) is 23.2 Å². The summed E-state index contributed by atoms with van der Waals surface area (Å²) >= 11 is 0. The second-order valence-corrected chi connectivity index (χ2v) is 5.24. The number of aromatic nitrogens is 2. The van der Waals surface area contributed by atoms with Crippen LogP contribution in [0.3, 0.4) is 0 Å². The van der Waals surface area contributed by atoms with Crippen molar-refractivity contribution in [3.8, 4) is 11.3 Å². The van der Waals surface area contributed by atoms with E-state index in [0.29, 0.717) is 12.3 Å². The Morgan fingerprint density at radius 3 is 2.77 bits per heavy atom. The third kappa shape index (κ3) is 3.23. The Labute approximate surface area is 127 Å². The molecule has 6 heteroatoms. The lowest BCUT2D eigenvalue weighted by atomic mass is 10.1. The molecule has 0 radical (unpaired) electrons. The molecule has 2 aromatic heterocycles. The zero-order valence-corrected chi connectivity index (χ0v) is 12.0. The number of pyridine rings is 2. The minimum Gasteiger partial charge on any atom is -0.379 e. The molecule has 3 heterocycles. The van der Waals surface area contributed by atoms with Crippen molar-refractivity contribution in [1.82, 2.24) is 15.3 Å². The fraction of sp³-hybridized carbons (Fsp3) is 0.312. The summed E-state index contributed by atoms with van der Waals surface area (Å²) < 4.78 is 5.32. The summed E-state index contributed by atoms with van der Waals surface area (Å²) in [6.45, 7) is 1.23. The van der Waals surface area contributed by atoms with Gasteiger partial charge in [0.25, 0.3) is 11.5 Å². The van der Waals surface area contributed by atoms with E-state index in [9.17, 15) is 9.59 Å². The van der Waals surface area contributed by atoms with Gasteiger partial charge in [0.15, 0.2) is 0 Å². The van der Waals surface area contributed by atoms with Gasteiger partial charge in [-0.15, -0.1) is 0 Å². The molecular weight excluding hydrogens is 282 g/mol. The average Bonchev–Trinajstić information content (AvgIpc) is 2.56. The molecule has 0 bridgehead atoms. The third-order valence-electron chi connectivity index (χ3n) is 3.64. The summed E-state index contributed by atoms with van der Waals surface area (Å²) in [5.74, 6) is -0.363. The molecule has 1 saturated heterocycles. The number of nitrogens with zero attached hydrogens (tertiary/aromatic N) is 1. The second-order valence-electron chi connectivity index (χ2n) is 5.24. The number of nitrogens with one attached hydrogen (secondary N) is 2. The van der Waals surface area contributed by atoms with E-state index in [1.165, 1.54) is 0 Å². The molecule has 0 aliphatic carbocycles. The third-order valence-corrected chi connectivity index (χ3v) is 3.64. The van der Waals surface area contributed by atoms with Gasteiger partial charge < -0.3 is 15.0 Å². The van der Waals surface area contributed by atoms with Crippen LogP contribution in [0.5, 0.6) is 0 Å². The Morgan fingerprint density at radius 2 is 2.09 bits per heavy atom. The van der Waals surface area contributed by atoms with Crippen LogP contribution in [0.2, 0.25) is 0 Å². The van der Waals surface area contributed by atoms with Crippen LogP contribution in [0, 0.1) is 0 Å². The number of carbonyl (C=O) groups is 1. The molecule has 6 nitrogen and oxygen atoms in total. The topological polar surface area (TPSA) is 84.1 Å². The lowest BCUT2D eigenvalue weighted by Gasteiger charge is -2.22. The first kappa shape index (κ1) is 14.5. The van der Waals surface area contributed by atoms with Gasteiger partial charge in [0, 0.05) is 30.3 Å². The molecule has 1 amide bonds. The number of rotatable bonds is 3. The van der Waals surface area contributed by atoms with Crippen molar-refractivity contribution < 1.29 is 9.53 Å². The van der Waals surface area contributed by atoms with E-state index in [4.69, 9.17) is 4.74 Å². The van der Waals surface area contributed by atoms with Crippen molar-refractivity contribution >= 4 is 5.91 Å². The van der Waals surface area contributed by atoms with Crippen molar-refractivity contribution in [1.29, 1.82) is 0 Å². The monoisotopic (exact) mass is 299 g/mol. The van der Waals surface area contributed by atoms with Crippen LogP contribution in [-0.4, -0.2) is 35.1 Å². The molecule has 3 rings (SSSR count). The van der Waals surface area contributed by atoms with E-state index in [-0.39, 0.29) is 17.5 Å². The van der Waals surface area contributed by atoms with Gasteiger partial charge in [-0.3, -0.25) is 14.6 Å². The molecular formula is C16H17N3O3. The maximum Gasteiger partial charge on any atom is 0.261 e. The molecule has 2 aromatic rings. The number of H-pyrrole nitrogens is 1. The van der Waals surface area contributed by atoms with Crippen molar-refractivity contribution in [2.75, 3.05) is 13.2 Å². The fourth-order valence-electron chi connectivity index (χ4n) is 2.47. The quantitative estimate of drug-likeness (QED) is 0.896. The van der Waals surface area contributed by atoms with E-state index in [1.54, 1.807) is 36.7 Å². The lowest BCUT2D eigenvalue weighted by molar-refractivity contribution is 0.0623. The van der Waals surface area contributed by atoms with Gasteiger partial charge >= 0.3 is 0 Å². The predicted octanol–water partition coefficient (Wildman–Crippen LogP) is 1.35. The average molecular weight is 299 g/mol. The van der Waals surface area contributed by atoms with Gasteiger partial charge in [0.05, 0.1) is 12.6 Å². The second kappa shape index (κ2) is 6.53. The number of hydrogen-bond acceptors (Lipinski definition) is 4. The molecule has 1 aliphatic rings. The van der Waals surface area contributed by atoms with Crippen LogP contribution < -0.4 is 10.9 Å². The minimum absolute atomic E-state index is 0.0273. The summed E-state index contributed by atoms with van der Waals surface area (Å²) in [5.41, 5.74) is 1.22. The number of carbonyl (C=O) groups excluding carboxylic acids is 1. The van der Waals surface area contributed by atoms with Crippen LogP contribution in [0.25, 0.3) is 11.3 Å². The number of aromatic amines is 1. The van der Waals surface area contributed by atoms with Crippen molar-refractivity contribution in [3.05, 3.63) is 52.6 Å². The number of amides is 1. The highest BCUT2D eigenvalue weighted by Gasteiger charge is 2.19. The van der Waals surface area contributed by atoms with Crippen molar-refractivity contribution in [2.45, 2.75) is 18.9 Å². The normalized spacial score (nSPS) is 17.9. The van der Waals surface area contributed by atoms with E-state index < -0.39 is 5.56 Å². The molecule has 1 aliphatic heterocycles. The standard InChI is InChI=1S/C16H17N3O3/c20-15(18-12-2-1-9-22-10-12)13-3-4-14(19-16(13)21)11-5-7-17-8-6-11/h3-8,12H,1-2,9-10H2,(H,18,20)(H,19,21)/t12-/m1/s1. The first-order chi connectivity index (χ1) is 10.7. The molecule has 1 fully saturated rings. The largest absolute Gasteiger partial charge is 0.379 e. The Kier molecular flexibility index (Phi) is 4.29. The van der Waals surface area contributed by atoms with Crippen LogP contribution in [0.4, 0.5) is 0 Å². The smallest absolute Gasteiger partial charge is 0.261 e. The predicted molar refractivity (Wildman–Crippen MR) is 81.6 cm³/mol. The molecule has 22 heavy (non-hydrogen) atoms. The molecule has 1 atom stereocenters.